The van der Waals surface area contributed by atoms with Crippen LogP contribution in [-0.4, -0.2) is 35.9 Å². The minimum absolute atomic E-state index is 0.280. The van der Waals surface area contributed by atoms with E-state index >= 15 is 0 Å². The molecule has 1 aliphatic rings. The molecule has 0 bridgehead atoms. The Labute approximate surface area is 99.0 Å². The highest BCUT2D eigenvalue weighted by atomic mass is 16.5. The van der Waals surface area contributed by atoms with Gasteiger partial charge in [0, 0.05) is 12.1 Å². The lowest BCUT2D eigenvalue weighted by Crippen LogP contribution is -2.29. The predicted molar refractivity (Wildman–Crippen MR) is 60.5 cm³/mol. The number of nitrogens with one attached hydrogen (secondary N) is 1. The van der Waals surface area contributed by atoms with E-state index in [-0.39, 0.29) is 19.1 Å². The van der Waals surface area contributed by atoms with Crippen LogP contribution in [0.5, 0.6) is 0 Å². The van der Waals surface area contributed by atoms with Crippen molar-refractivity contribution < 1.29 is 19.7 Å². The van der Waals surface area contributed by atoms with Crippen LogP contribution in [0.25, 0.3) is 0 Å². The monoisotopic (exact) mass is 237 g/mol. The molecule has 5 heteroatoms. The van der Waals surface area contributed by atoms with Gasteiger partial charge in [0.15, 0.2) is 0 Å². The van der Waals surface area contributed by atoms with Crippen LogP contribution in [-0.2, 0) is 11.3 Å². The summed E-state index contributed by atoms with van der Waals surface area (Å²) in [5.41, 5.74) is 1.80. The van der Waals surface area contributed by atoms with Gasteiger partial charge in [-0.1, -0.05) is 12.1 Å². The number of esters is 1. The van der Waals surface area contributed by atoms with Crippen molar-refractivity contribution in [2.24, 2.45) is 0 Å². The normalized spacial score (nSPS) is 17.5. The van der Waals surface area contributed by atoms with E-state index in [1.54, 1.807) is 25.2 Å². The molecule has 2 atom stereocenters. The maximum atomic E-state index is 11.4. The molecule has 17 heavy (non-hydrogen) atoms. The predicted octanol–water partition coefficient (Wildman–Crippen LogP) is -0.0293. The second-order valence-corrected chi connectivity index (χ2v) is 4.06. The molecule has 0 amide bonds. The van der Waals surface area contributed by atoms with Crippen molar-refractivity contribution in [1.82, 2.24) is 5.32 Å². The highest BCUT2D eigenvalue weighted by molar-refractivity contribution is 5.93. The fourth-order valence-electron chi connectivity index (χ4n) is 1.86. The Bertz CT molecular complexity index is 433. The molecule has 0 radical (unpaired) electrons. The summed E-state index contributed by atoms with van der Waals surface area (Å²) in [6.45, 7) is 0.562. The lowest BCUT2D eigenvalue weighted by atomic mass is 9.99. The van der Waals surface area contributed by atoms with Crippen LogP contribution in [0.2, 0.25) is 0 Å². The number of benzene rings is 1. The zero-order chi connectivity index (χ0) is 12.4. The molecule has 0 saturated heterocycles. The number of hydrogen-bond donors (Lipinski definition) is 3. The van der Waals surface area contributed by atoms with Gasteiger partial charge in [-0.15, -0.1) is 0 Å². The Morgan fingerprint density at radius 1 is 1.47 bits per heavy atom. The van der Waals surface area contributed by atoms with E-state index < -0.39 is 12.2 Å². The number of carbonyl (C=O) groups excluding carboxylic acids is 1. The molecule has 0 aliphatic carbocycles. The van der Waals surface area contributed by atoms with Gasteiger partial charge < -0.3 is 20.3 Å². The van der Waals surface area contributed by atoms with E-state index in [1.165, 1.54) is 0 Å². The van der Waals surface area contributed by atoms with Crippen molar-refractivity contribution in [2.45, 2.75) is 18.8 Å². The molecule has 1 heterocycles. The number of aliphatic hydroxyl groups is 2. The molecular weight excluding hydrogens is 222 g/mol. The molecule has 0 fully saturated rings. The van der Waals surface area contributed by atoms with E-state index in [0.29, 0.717) is 11.1 Å². The van der Waals surface area contributed by atoms with Crippen molar-refractivity contribution in [3.05, 3.63) is 34.9 Å². The van der Waals surface area contributed by atoms with Crippen LogP contribution in [0.1, 0.15) is 27.6 Å². The largest absolute Gasteiger partial charge is 0.457 e. The first-order chi connectivity index (χ1) is 8.13. The van der Waals surface area contributed by atoms with E-state index in [9.17, 15) is 15.0 Å². The van der Waals surface area contributed by atoms with Gasteiger partial charge in [0.2, 0.25) is 0 Å². The number of ether oxygens (including phenoxy) is 1. The van der Waals surface area contributed by atoms with Crippen LogP contribution in [0, 0.1) is 0 Å². The van der Waals surface area contributed by atoms with Gasteiger partial charge in [-0.25, -0.2) is 4.79 Å². The third-order valence-corrected chi connectivity index (χ3v) is 2.83. The molecule has 1 aromatic carbocycles. The Morgan fingerprint density at radius 2 is 2.24 bits per heavy atom. The molecule has 0 saturated carbocycles. The van der Waals surface area contributed by atoms with E-state index in [2.05, 4.69) is 5.32 Å². The highest BCUT2D eigenvalue weighted by Crippen LogP contribution is 2.25. The molecule has 0 aromatic heterocycles. The number of likely N-dealkylation sites (N-methyl/N-ethyl adjacent to an activating group) is 1. The third-order valence-electron chi connectivity index (χ3n) is 2.83. The van der Waals surface area contributed by atoms with Crippen molar-refractivity contribution in [2.75, 3.05) is 13.6 Å². The van der Waals surface area contributed by atoms with Crippen molar-refractivity contribution in [3.63, 3.8) is 0 Å². The summed E-state index contributed by atoms with van der Waals surface area (Å²) in [6, 6.07) is 5.02. The molecular formula is C12H15NO4. The Balaban J connectivity index is 2.22. The van der Waals surface area contributed by atoms with Gasteiger partial charge in [-0.3, -0.25) is 0 Å². The summed E-state index contributed by atoms with van der Waals surface area (Å²) in [6.07, 6.45) is -1.92. The first-order valence-electron chi connectivity index (χ1n) is 5.44. The maximum absolute atomic E-state index is 11.4. The van der Waals surface area contributed by atoms with E-state index in [4.69, 9.17) is 4.74 Å². The molecule has 0 spiro atoms. The average molecular weight is 237 g/mol. The quantitative estimate of drug-likeness (QED) is 0.641. The molecule has 5 nitrogen and oxygen atoms in total. The van der Waals surface area contributed by atoms with E-state index in [1.807, 2.05) is 0 Å². The smallest absolute Gasteiger partial charge is 0.338 e. The number of fused-ring (bicyclic) bond motifs is 1. The summed E-state index contributed by atoms with van der Waals surface area (Å²) in [5.74, 6) is -0.378. The number of cyclic esters (lactones) is 1. The molecule has 1 aliphatic heterocycles. The molecule has 92 valence electrons. The number of rotatable bonds is 4. The van der Waals surface area contributed by atoms with Gasteiger partial charge in [0.25, 0.3) is 0 Å². The van der Waals surface area contributed by atoms with Gasteiger partial charge in [-0.05, 0) is 18.7 Å². The molecule has 2 unspecified atom stereocenters. The lowest BCUT2D eigenvalue weighted by molar-refractivity contribution is 0.0202. The Kier molecular flexibility index (Phi) is 3.42. The van der Waals surface area contributed by atoms with E-state index in [0.717, 1.165) is 5.56 Å². The van der Waals surface area contributed by atoms with Crippen LogP contribution >= 0.6 is 0 Å². The summed E-state index contributed by atoms with van der Waals surface area (Å²) < 4.78 is 4.87. The SMILES string of the molecule is CNCC(O)C(O)c1ccc2c(c1)C(=O)OC2. The third kappa shape index (κ3) is 2.31. The fraction of sp³-hybridized carbons (Fsp3) is 0.417. The zero-order valence-corrected chi connectivity index (χ0v) is 9.51. The molecule has 1 aromatic rings. The minimum atomic E-state index is -1.01. The van der Waals surface area contributed by atoms with Crippen LogP contribution in [0.4, 0.5) is 0 Å². The van der Waals surface area contributed by atoms with Gasteiger partial charge in [-0.2, -0.15) is 0 Å². The second-order valence-electron chi connectivity index (χ2n) is 4.06. The first kappa shape index (κ1) is 12.0. The molecule has 3 N–H and O–H groups in total. The first-order valence-corrected chi connectivity index (χ1v) is 5.44. The Morgan fingerprint density at radius 3 is 2.94 bits per heavy atom. The molecule has 2 rings (SSSR count). The average Bonchev–Trinajstić information content (AvgIpc) is 2.70. The minimum Gasteiger partial charge on any atom is -0.457 e. The van der Waals surface area contributed by atoms with Crippen molar-refractivity contribution >= 4 is 5.97 Å². The lowest BCUT2D eigenvalue weighted by Gasteiger charge is -2.18. The van der Waals surface area contributed by atoms with Crippen LogP contribution in [0.15, 0.2) is 18.2 Å². The topological polar surface area (TPSA) is 78.8 Å². The maximum Gasteiger partial charge on any atom is 0.338 e. The van der Waals surface area contributed by atoms with Crippen LogP contribution < -0.4 is 5.32 Å². The summed E-state index contributed by atoms with van der Waals surface area (Å²) >= 11 is 0. The van der Waals surface area contributed by atoms with Gasteiger partial charge in [0.1, 0.15) is 12.7 Å². The summed E-state index contributed by atoms with van der Waals surface area (Å²) in [4.78, 5) is 11.4. The number of aliphatic hydroxyl groups excluding tert-OH is 2. The van der Waals surface area contributed by atoms with Gasteiger partial charge in [0.05, 0.1) is 11.7 Å². The van der Waals surface area contributed by atoms with Crippen molar-refractivity contribution in [3.8, 4) is 0 Å². The highest BCUT2D eigenvalue weighted by Gasteiger charge is 2.24. The number of carbonyl (C=O) groups is 1. The Hall–Kier alpha value is -1.43. The second kappa shape index (κ2) is 4.83. The standard InChI is InChI=1S/C12H15NO4/c1-13-5-10(14)11(15)7-2-3-8-6-17-12(16)9(8)4-7/h2-4,10-11,13-15H,5-6H2,1H3. The van der Waals surface area contributed by atoms with Gasteiger partial charge >= 0.3 is 5.97 Å². The fourth-order valence-corrected chi connectivity index (χ4v) is 1.86. The zero-order valence-electron chi connectivity index (χ0n) is 9.51. The summed E-state index contributed by atoms with van der Waals surface area (Å²) in [7, 11) is 1.69. The van der Waals surface area contributed by atoms with Crippen molar-refractivity contribution in [1.29, 1.82) is 0 Å². The van der Waals surface area contributed by atoms with Crippen LogP contribution in [0.3, 0.4) is 0 Å². The number of hydrogen-bond acceptors (Lipinski definition) is 5. The summed E-state index contributed by atoms with van der Waals surface area (Å²) in [5, 5.41) is 22.3.